The maximum Gasteiger partial charge on any atom is 0.416 e. The number of benzene rings is 2. The smallest absolute Gasteiger partial charge is 0.416 e. The van der Waals surface area contributed by atoms with Crippen LogP contribution in [0.3, 0.4) is 0 Å². The number of anilines is 1. The van der Waals surface area contributed by atoms with Gasteiger partial charge in [-0.15, -0.1) is 0 Å². The summed E-state index contributed by atoms with van der Waals surface area (Å²) in [5, 5.41) is 0.895. The Morgan fingerprint density at radius 2 is 1.74 bits per heavy atom. The number of carbonyl (C=O) groups excluding carboxylic acids is 1. The fraction of sp³-hybridized carbons (Fsp3) is 0.385. The van der Waals surface area contributed by atoms with Crippen LogP contribution in [0.4, 0.5) is 28.2 Å². The predicted octanol–water partition coefficient (Wildman–Crippen LogP) is 6.48. The number of fused-ring (bicyclic) bond motifs is 1. The van der Waals surface area contributed by atoms with Crippen molar-refractivity contribution in [1.82, 2.24) is 9.88 Å². The molecule has 5 nitrogen and oxygen atoms in total. The summed E-state index contributed by atoms with van der Waals surface area (Å²) in [5.41, 5.74) is 0.724. The monoisotopic (exact) mass is 489 g/mol. The standard InChI is InChI=1S/C26H27F4N3O2/c1-35-25(34)33(16-19-11-18(15-27)12-22(13-19)26(28,29)30)17-21-14-20-7-3-4-8-23(20)31-24(21)32-9-5-2-6-10-32/h3-4,7-8,11-14H,2,5-6,9-10,15-17H2,1H3. The first kappa shape index (κ1) is 24.8. The molecule has 0 aliphatic carbocycles. The molecule has 1 aliphatic heterocycles. The van der Waals surface area contributed by atoms with Gasteiger partial charge in [-0.3, -0.25) is 4.90 Å². The molecule has 1 amide bonds. The molecule has 9 heteroatoms. The highest BCUT2D eigenvalue weighted by atomic mass is 19.4. The molecule has 0 unspecified atom stereocenters. The second-order valence-corrected chi connectivity index (χ2v) is 8.71. The highest BCUT2D eigenvalue weighted by molar-refractivity contribution is 5.82. The van der Waals surface area contributed by atoms with Gasteiger partial charge < -0.3 is 9.64 Å². The van der Waals surface area contributed by atoms with Crippen molar-refractivity contribution in [1.29, 1.82) is 0 Å². The third-order valence-corrected chi connectivity index (χ3v) is 6.14. The normalized spacial score (nSPS) is 14.3. The van der Waals surface area contributed by atoms with Gasteiger partial charge in [0, 0.05) is 30.6 Å². The molecule has 0 radical (unpaired) electrons. The lowest BCUT2D eigenvalue weighted by atomic mass is 10.0. The third kappa shape index (κ3) is 5.83. The van der Waals surface area contributed by atoms with Gasteiger partial charge in [0.25, 0.3) is 0 Å². The second kappa shape index (κ2) is 10.5. The van der Waals surface area contributed by atoms with Gasteiger partial charge in [0.05, 0.1) is 24.7 Å². The fourth-order valence-corrected chi connectivity index (χ4v) is 4.48. The van der Waals surface area contributed by atoms with Crippen LogP contribution in [0, 0.1) is 0 Å². The number of halogens is 4. The number of piperidine rings is 1. The summed E-state index contributed by atoms with van der Waals surface area (Å²) in [7, 11) is 1.22. The molecule has 1 fully saturated rings. The number of nitrogens with zero attached hydrogens (tertiary/aromatic N) is 3. The summed E-state index contributed by atoms with van der Waals surface area (Å²) in [6.45, 7) is 0.546. The molecule has 0 atom stereocenters. The molecule has 1 aliphatic rings. The molecule has 1 saturated heterocycles. The zero-order valence-corrected chi connectivity index (χ0v) is 19.4. The summed E-state index contributed by atoms with van der Waals surface area (Å²) >= 11 is 0. The predicted molar refractivity (Wildman–Crippen MR) is 126 cm³/mol. The van der Waals surface area contributed by atoms with E-state index in [2.05, 4.69) is 4.90 Å². The van der Waals surface area contributed by atoms with Gasteiger partial charge >= 0.3 is 12.3 Å². The van der Waals surface area contributed by atoms with E-state index >= 15 is 0 Å². The molecule has 186 valence electrons. The van der Waals surface area contributed by atoms with E-state index < -0.39 is 24.5 Å². The van der Waals surface area contributed by atoms with E-state index in [1.54, 1.807) is 0 Å². The average Bonchev–Trinajstić information content (AvgIpc) is 2.87. The summed E-state index contributed by atoms with van der Waals surface area (Å²) < 4.78 is 58.3. The van der Waals surface area contributed by atoms with E-state index in [4.69, 9.17) is 9.72 Å². The number of aromatic nitrogens is 1. The number of pyridine rings is 1. The minimum atomic E-state index is -4.63. The van der Waals surface area contributed by atoms with Gasteiger partial charge in [0.1, 0.15) is 12.5 Å². The van der Waals surface area contributed by atoms with Crippen molar-refractivity contribution in [3.05, 3.63) is 70.8 Å². The quantitative estimate of drug-likeness (QED) is 0.372. The van der Waals surface area contributed by atoms with E-state index in [0.29, 0.717) is 0 Å². The van der Waals surface area contributed by atoms with Gasteiger partial charge in [-0.25, -0.2) is 14.2 Å². The third-order valence-electron chi connectivity index (χ3n) is 6.14. The molecule has 3 aromatic rings. The Morgan fingerprint density at radius 1 is 1.03 bits per heavy atom. The number of hydrogen-bond donors (Lipinski definition) is 0. The lowest BCUT2D eigenvalue weighted by Gasteiger charge is -2.31. The van der Waals surface area contributed by atoms with E-state index in [0.717, 1.165) is 66.8 Å². The van der Waals surface area contributed by atoms with Crippen molar-refractivity contribution in [3.8, 4) is 0 Å². The van der Waals surface area contributed by atoms with Crippen LogP contribution in [0.1, 0.15) is 41.5 Å². The van der Waals surface area contributed by atoms with Crippen LogP contribution in [-0.2, 0) is 30.7 Å². The van der Waals surface area contributed by atoms with Crippen LogP contribution in [0.15, 0.2) is 48.5 Å². The van der Waals surface area contributed by atoms with E-state index in [9.17, 15) is 22.4 Å². The fourth-order valence-electron chi connectivity index (χ4n) is 4.48. The van der Waals surface area contributed by atoms with Crippen molar-refractivity contribution >= 4 is 22.8 Å². The van der Waals surface area contributed by atoms with Crippen LogP contribution < -0.4 is 4.90 Å². The molecular weight excluding hydrogens is 462 g/mol. The molecular formula is C26H27F4N3O2. The van der Waals surface area contributed by atoms with Gasteiger partial charge in [0.2, 0.25) is 0 Å². The minimum Gasteiger partial charge on any atom is -0.453 e. The van der Waals surface area contributed by atoms with Crippen LogP contribution >= 0.6 is 0 Å². The minimum absolute atomic E-state index is 0.0809. The van der Waals surface area contributed by atoms with Crippen molar-refractivity contribution < 1.29 is 27.1 Å². The number of carbonyl (C=O) groups is 1. The number of rotatable bonds is 6. The van der Waals surface area contributed by atoms with Crippen LogP contribution in [0.25, 0.3) is 10.9 Å². The first-order valence-electron chi connectivity index (χ1n) is 11.5. The number of amides is 1. The number of para-hydroxylation sites is 1. The molecule has 1 aromatic heterocycles. The summed E-state index contributed by atoms with van der Waals surface area (Å²) in [6, 6.07) is 12.7. The molecule has 2 aromatic carbocycles. The number of methoxy groups -OCH3 is 1. The Morgan fingerprint density at radius 3 is 2.43 bits per heavy atom. The van der Waals surface area contributed by atoms with E-state index in [-0.39, 0.29) is 24.2 Å². The van der Waals surface area contributed by atoms with Crippen molar-refractivity contribution in [2.75, 3.05) is 25.1 Å². The zero-order chi connectivity index (χ0) is 25.0. The summed E-state index contributed by atoms with van der Waals surface area (Å²) in [5.74, 6) is 0.755. The Labute approximate surface area is 201 Å². The van der Waals surface area contributed by atoms with Crippen LogP contribution in [-0.4, -0.2) is 36.2 Å². The Kier molecular flexibility index (Phi) is 7.42. The molecule has 0 saturated carbocycles. The first-order chi connectivity index (χ1) is 16.8. The van der Waals surface area contributed by atoms with E-state index in [1.165, 1.54) is 18.1 Å². The Bertz CT molecular complexity index is 1190. The summed E-state index contributed by atoms with van der Waals surface area (Å²) in [6.07, 6.45) is -2.11. The lowest BCUT2D eigenvalue weighted by molar-refractivity contribution is -0.137. The van der Waals surface area contributed by atoms with E-state index in [1.807, 2.05) is 30.3 Å². The van der Waals surface area contributed by atoms with Crippen molar-refractivity contribution in [3.63, 3.8) is 0 Å². The molecule has 2 heterocycles. The maximum atomic E-state index is 13.4. The van der Waals surface area contributed by atoms with Gasteiger partial charge in [-0.2, -0.15) is 13.2 Å². The zero-order valence-electron chi connectivity index (χ0n) is 19.4. The van der Waals surface area contributed by atoms with Gasteiger partial charge in [-0.05, 0) is 54.7 Å². The molecule has 0 spiro atoms. The number of ether oxygens (including phenoxy) is 1. The first-order valence-corrected chi connectivity index (χ1v) is 11.5. The van der Waals surface area contributed by atoms with Crippen molar-refractivity contribution in [2.24, 2.45) is 0 Å². The molecule has 0 N–H and O–H groups in total. The molecule has 0 bridgehead atoms. The molecule has 35 heavy (non-hydrogen) atoms. The second-order valence-electron chi connectivity index (χ2n) is 8.71. The van der Waals surface area contributed by atoms with Crippen LogP contribution in [0.2, 0.25) is 0 Å². The topological polar surface area (TPSA) is 45.7 Å². The van der Waals surface area contributed by atoms with Crippen LogP contribution in [0.5, 0.6) is 0 Å². The van der Waals surface area contributed by atoms with Crippen molar-refractivity contribution in [2.45, 2.75) is 45.2 Å². The average molecular weight is 490 g/mol. The maximum absolute atomic E-state index is 13.4. The highest BCUT2D eigenvalue weighted by Gasteiger charge is 2.31. The van der Waals surface area contributed by atoms with Gasteiger partial charge in [-0.1, -0.05) is 24.3 Å². The lowest BCUT2D eigenvalue weighted by Crippen LogP contribution is -2.34. The Hall–Kier alpha value is -3.36. The SMILES string of the molecule is COC(=O)N(Cc1cc(CF)cc(C(F)(F)F)c1)Cc1cc2ccccc2nc1N1CCCCC1. The summed E-state index contributed by atoms with van der Waals surface area (Å²) in [4.78, 5) is 21.1. The Balaban J connectivity index is 1.71. The molecule has 4 rings (SSSR count). The number of alkyl halides is 4. The largest absolute Gasteiger partial charge is 0.453 e. The van der Waals surface area contributed by atoms with Gasteiger partial charge in [0.15, 0.2) is 0 Å². The number of hydrogen-bond acceptors (Lipinski definition) is 4. The highest BCUT2D eigenvalue weighted by Crippen LogP contribution is 2.32.